The van der Waals surface area contributed by atoms with Gasteiger partial charge in [-0.25, -0.2) is 18.5 Å². The van der Waals surface area contributed by atoms with E-state index in [2.05, 4.69) is 4.98 Å². The molecule has 0 saturated carbocycles. The molecule has 2 heterocycles. The van der Waals surface area contributed by atoms with E-state index >= 15 is 0 Å². The number of aromatic nitrogens is 2. The molecule has 6 nitrogen and oxygen atoms in total. The maximum atomic E-state index is 11.3. The summed E-state index contributed by atoms with van der Waals surface area (Å²) >= 11 is 0. The number of imidazole rings is 1. The van der Waals surface area contributed by atoms with Gasteiger partial charge in [0.2, 0.25) is 0 Å². The van der Waals surface area contributed by atoms with Crippen LogP contribution in [0.1, 0.15) is 32.0 Å². The number of hydrogen-bond acceptors (Lipinski definition) is 4. The Bertz CT molecular complexity index is 516. The van der Waals surface area contributed by atoms with Crippen molar-refractivity contribution in [3.05, 3.63) is 12.0 Å². The molecule has 0 amide bonds. The monoisotopic (exact) mass is 273 g/mol. The molecule has 0 bridgehead atoms. The quantitative estimate of drug-likeness (QED) is 0.874. The summed E-state index contributed by atoms with van der Waals surface area (Å²) in [7, 11) is -3.73. The van der Waals surface area contributed by atoms with E-state index in [0.29, 0.717) is 5.92 Å². The summed E-state index contributed by atoms with van der Waals surface area (Å²) in [5.74, 6) is 1.33. The molecule has 0 aromatic carbocycles. The van der Waals surface area contributed by atoms with Crippen LogP contribution < -0.4 is 5.14 Å². The molecule has 1 aliphatic rings. The second-order valence-electron chi connectivity index (χ2n) is 5.02. The molecule has 1 aliphatic heterocycles. The Balaban J connectivity index is 2.29. The second kappa shape index (κ2) is 4.99. The highest BCUT2D eigenvalue weighted by molar-refractivity contribution is 7.89. The Kier molecular flexibility index (Phi) is 3.74. The second-order valence-corrected chi connectivity index (χ2v) is 6.53. The number of sulfonamides is 1. The van der Waals surface area contributed by atoms with Crippen LogP contribution >= 0.6 is 0 Å². The van der Waals surface area contributed by atoms with Gasteiger partial charge in [0.15, 0.2) is 5.03 Å². The zero-order chi connectivity index (χ0) is 13.3. The zero-order valence-electron chi connectivity index (χ0n) is 10.7. The van der Waals surface area contributed by atoms with Crippen molar-refractivity contribution in [2.45, 2.75) is 37.8 Å². The Morgan fingerprint density at radius 2 is 2.33 bits per heavy atom. The molecular formula is C11H19N3O3S. The van der Waals surface area contributed by atoms with Gasteiger partial charge in [0, 0.05) is 31.2 Å². The molecule has 0 aliphatic carbocycles. The van der Waals surface area contributed by atoms with Gasteiger partial charge in [-0.05, 0) is 6.42 Å². The van der Waals surface area contributed by atoms with Crippen LogP contribution in [-0.4, -0.2) is 31.2 Å². The minimum atomic E-state index is -3.73. The van der Waals surface area contributed by atoms with Crippen LogP contribution in [-0.2, 0) is 21.3 Å². The van der Waals surface area contributed by atoms with Crippen LogP contribution in [0.5, 0.6) is 0 Å². The zero-order valence-corrected chi connectivity index (χ0v) is 11.5. The Morgan fingerprint density at radius 3 is 2.83 bits per heavy atom. The first-order chi connectivity index (χ1) is 8.38. The van der Waals surface area contributed by atoms with Crippen LogP contribution in [0.25, 0.3) is 0 Å². The van der Waals surface area contributed by atoms with Gasteiger partial charge in [-0.3, -0.25) is 0 Å². The summed E-state index contributed by atoms with van der Waals surface area (Å²) < 4.78 is 29.9. The topological polar surface area (TPSA) is 87.2 Å². The van der Waals surface area contributed by atoms with Gasteiger partial charge in [0.1, 0.15) is 5.82 Å². The molecule has 1 aromatic heterocycles. The third-order valence-corrected chi connectivity index (χ3v) is 3.85. The lowest BCUT2D eigenvalue weighted by Crippen LogP contribution is -2.13. The molecule has 2 rings (SSSR count). The van der Waals surface area contributed by atoms with Crippen LogP contribution in [0, 0.1) is 5.92 Å². The van der Waals surface area contributed by atoms with E-state index in [1.807, 2.05) is 18.4 Å². The molecule has 1 fully saturated rings. The third-order valence-electron chi connectivity index (χ3n) is 3.07. The fraction of sp³-hybridized carbons (Fsp3) is 0.727. The van der Waals surface area contributed by atoms with Crippen molar-refractivity contribution in [2.24, 2.45) is 11.1 Å². The van der Waals surface area contributed by atoms with E-state index in [4.69, 9.17) is 9.88 Å². The molecule has 7 heteroatoms. The molecule has 18 heavy (non-hydrogen) atoms. The molecule has 102 valence electrons. The highest BCUT2D eigenvalue weighted by Gasteiger charge is 2.22. The highest BCUT2D eigenvalue weighted by Crippen LogP contribution is 2.21. The predicted octanol–water partition coefficient (Wildman–Crippen LogP) is 0.690. The average Bonchev–Trinajstić information content (AvgIpc) is 2.85. The van der Waals surface area contributed by atoms with Crippen LogP contribution in [0.3, 0.4) is 0 Å². The van der Waals surface area contributed by atoms with Gasteiger partial charge >= 0.3 is 0 Å². The standard InChI is InChI=1S/C11H19N3O3S/c1-8(2)11-13-10(18(12,15)16)6-14(11)5-9-3-4-17-7-9/h6,8-9H,3-5,7H2,1-2H3,(H2,12,15,16). The van der Waals surface area contributed by atoms with Crippen LogP contribution in [0.4, 0.5) is 0 Å². The first kappa shape index (κ1) is 13.5. The molecule has 0 radical (unpaired) electrons. The van der Waals surface area contributed by atoms with Gasteiger partial charge < -0.3 is 9.30 Å². The van der Waals surface area contributed by atoms with E-state index in [0.717, 1.165) is 32.0 Å². The fourth-order valence-electron chi connectivity index (χ4n) is 2.15. The van der Waals surface area contributed by atoms with E-state index < -0.39 is 10.0 Å². The fourth-order valence-corrected chi connectivity index (χ4v) is 2.65. The number of nitrogens with two attached hydrogens (primary N) is 1. The average molecular weight is 273 g/mol. The van der Waals surface area contributed by atoms with Gasteiger partial charge in [0.05, 0.1) is 6.61 Å². The minimum Gasteiger partial charge on any atom is -0.381 e. The number of hydrogen-bond donors (Lipinski definition) is 1. The smallest absolute Gasteiger partial charge is 0.257 e. The SMILES string of the molecule is CC(C)c1nc(S(N)(=O)=O)cn1CC1CCOC1. The Labute approximate surface area is 107 Å². The highest BCUT2D eigenvalue weighted by atomic mass is 32.2. The van der Waals surface area contributed by atoms with Crippen molar-refractivity contribution in [2.75, 3.05) is 13.2 Å². The molecule has 1 atom stereocenters. The molecule has 0 spiro atoms. The lowest BCUT2D eigenvalue weighted by atomic mass is 10.1. The van der Waals surface area contributed by atoms with Gasteiger partial charge in [-0.1, -0.05) is 13.8 Å². The van der Waals surface area contributed by atoms with Crippen molar-refractivity contribution < 1.29 is 13.2 Å². The summed E-state index contributed by atoms with van der Waals surface area (Å²) in [6, 6.07) is 0. The minimum absolute atomic E-state index is 0.0508. The summed E-state index contributed by atoms with van der Waals surface area (Å²) in [6.07, 6.45) is 2.53. The van der Waals surface area contributed by atoms with Gasteiger partial charge in [-0.15, -0.1) is 0 Å². The van der Waals surface area contributed by atoms with E-state index in [1.165, 1.54) is 6.20 Å². The van der Waals surface area contributed by atoms with Crippen molar-refractivity contribution >= 4 is 10.0 Å². The molecule has 2 N–H and O–H groups in total. The summed E-state index contributed by atoms with van der Waals surface area (Å²) in [5, 5.41) is 5.07. The molecule has 1 aromatic rings. The largest absolute Gasteiger partial charge is 0.381 e. The number of nitrogens with zero attached hydrogens (tertiary/aromatic N) is 2. The van der Waals surface area contributed by atoms with E-state index in [-0.39, 0.29) is 10.9 Å². The number of primary sulfonamides is 1. The summed E-state index contributed by atoms with van der Waals surface area (Å²) in [4.78, 5) is 4.13. The molecule has 1 saturated heterocycles. The first-order valence-electron chi connectivity index (χ1n) is 6.05. The molecule has 1 unspecified atom stereocenters. The molecular weight excluding hydrogens is 254 g/mol. The van der Waals surface area contributed by atoms with Crippen LogP contribution in [0.2, 0.25) is 0 Å². The maximum absolute atomic E-state index is 11.3. The summed E-state index contributed by atoms with van der Waals surface area (Å²) in [6.45, 7) is 6.20. The Morgan fingerprint density at radius 1 is 1.61 bits per heavy atom. The van der Waals surface area contributed by atoms with Crippen molar-refractivity contribution in [1.29, 1.82) is 0 Å². The van der Waals surface area contributed by atoms with E-state index in [1.54, 1.807) is 0 Å². The number of rotatable bonds is 4. The van der Waals surface area contributed by atoms with Crippen molar-refractivity contribution in [3.8, 4) is 0 Å². The predicted molar refractivity (Wildman–Crippen MR) is 66.6 cm³/mol. The first-order valence-corrected chi connectivity index (χ1v) is 7.60. The van der Waals surface area contributed by atoms with Gasteiger partial charge in [-0.2, -0.15) is 0 Å². The van der Waals surface area contributed by atoms with Crippen molar-refractivity contribution in [1.82, 2.24) is 9.55 Å². The van der Waals surface area contributed by atoms with Crippen LogP contribution in [0.15, 0.2) is 11.2 Å². The number of ether oxygens (including phenoxy) is 1. The summed E-state index contributed by atoms with van der Waals surface area (Å²) in [5.41, 5.74) is 0. The third kappa shape index (κ3) is 2.90. The lowest BCUT2D eigenvalue weighted by molar-refractivity contribution is 0.182. The van der Waals surface area contributed by atoms with Gasteiger partial charge in [0.25, 0.3) is 10.0 Å². The van der Waals surface area contributed by atoms with E-state index in [9.17, 15) is 8.42 Å². The Hall–Kier alpha value is -0.920. The maximum Gasteiger partial charge on any atom is 0.257 e. The normalized spacial score (nSPS) is 20.8. The van der Waals surface area contributed by atoms with Crippen molar-refractivity contribution in [3.63, 3.8) is 0 Å². The lowest BCUT2D eigenvalue weighted by Gasteiger charge is -2.13.